The average Bonchev–Trinajstić information content (AvgIpc) is 2.27. The van der Waals surface area contributed by atoms with Crippen molar-refractivity contribution in [2.45, 2.75) is 24.2 Å². The topological polar surface area (TPSA) is 46.2 Å². The third-order valence-electron chi connectivity index (χ3n) is 3.41. The van der Waals surface area contributed by atoms with Crippen molar-refractivity contribution >= 4 is 25.8 Å². The summed E-state index contributed by atoms with van der Waals surface area (Å²) in [6.07, 6.45) is 3.96. The Bertz CT molecular complexity index is 545. The molecule has 3 nitrogen and oxygen atoms in total. The summed E-state index contributed by atoms with van der Waals surface area (Å²) in [6, 6.07) is 3.07. The van der Waals surface area contributed by atoms with Gasteiger partial charge in [0.05, 0.1) is 0 Å². The van der Waals surface area contributed by atoms with Crippen LogP contribution in [0.5, 0.6) is 0 Å². The molecular weight excluding hydrogens is 333 g/mol. The predicted molar refractivity (Wildman–Crippen MR) is 76.5 cm³/mol. The molecule has 1 saturated heterocycles. The zero-order valence-corrected chi connectivity index (χ0v) is 13.2. The fourth-order valence-electron chi connectivity index (χ4n) is 2.50. The van der Waals surface area contributed by atoms with Crippen LogP contribution < -0.4 is 5.32 Å². The van der Waals surface area contributed by atoms with E-state index in [1.54, 1.807) is 6.07 Å². The molecule has 6 heteroatoms. The van der Waals surface area contributed by atoms with Gasteiger partial charge in [0.25, 0.3) is 0 Å². The number of nitrogens with one attached hydrogen (secondary N) is 1. The lowest BCUT2D eigenvalue weighted by Gasteiger charge is -2.22. The van der Waals surface area contributed by atoms with Gasteiger partial charge in [-0.3, -0.25) is 0 Å². The van der Waals surface area contributed by atoms with E-state index >= 15 is 0 Å². The highest BCUT2D eigenvalue weighted by Crippen LogP contribution is 2.28. The van der Waals surface area contributed by atoms with Crippen molar-refractivity contribution in [2.75, 3.05) is 19.3 Å². The second-order valence-electron chi connectivity index (χ2n) is 5.06. The van der Waals surface area contributed by atoms with Crippen molar-refractivity contribution < 1.29 is 12.8 Å². The monoisotopic (exact) mass is 349 g/mol. The van der Waals surface area contributed by atoms with Gasteiger partial charge in [0, 0.05) is 10.7 Å². The molecule has 2 rings (SSSR count). The van der Waals surface area contributed by atoms with Crippen molar-refractivity contribution in [3.8, 4) is 0 Å². The Balaban J connectivity index is 2.24. The third kappa shape index (κ3) is 3.77. The lowest BCUT2D eigenvalue weighted by atomic mass is 9.91. The van der Waals surface area contributed by atoms with E-state index in [0.29, 0.717) is 10.4 Å². The van der Waals surface area contributed by atoms with E-state index in [2.05, 4.69) is 21.2 Å². The van der Waals surface area contributed by atoms with Gasteiger partial charge in [0.1, 0.15) is 10.7 Å². The quantitative estimate of drug-likeness (QED) is 0.911. The maximum Gasteiger partial charge on any atom is 0.179 e. The summed E-state index contributed by atoms with van der Waals surface area (Å²) in [4.78, 5) is -0.249. The second-order valence-corrected chi connectivity index (χ2v) is 7.87. The number of piperidine rings is 1. The number of benzene rings is 1. The lowest BCUT2D eigenvalue weighted by Crippen LogP contribution is -2.28. The van der Waals surface area contributed by atoms with Gasteiger partial charge >= 0.3 is 0 Å². The lowest BCUT2D eigenvalue weighted by molar-refractivity contribution is 0.372. The molecule has 0 radical (unpaired) electrons. The highest BCUT2D eigenvalue weighted by Gasteiger charge is 2.20. The highest BCUT2D eigenvalue weighted by molar-refractivity contribution is 9.10. The molecule has 0 amide bonds. The molecule has 1 N–H and O–H groups in total. The summed E-state index contributed by atoms with van der Waals surface area (Å²) in [5.41, 5.74) is 0.851. The molecule has 1 aliphatic heterocycles. The summed E-state index contributed by atoms with van der Waals surface area (Å²) in [5.74, 6) is -0.127. The highest BCUT2D eigenvalue weighted by atomic mass is 79.9. The average molecular weight is 350 g/mol. The summed E-state index contributed by atoms with van der Waals surface area (Å²) < 4.78 is 37.3. The van der Waals surface area contributed by atoms with Gasteiger partial charge in [-0.25, -0.2) is 12.8 Å². The van der Waals surface area contributed by atoms with Crippen molar-refractivity contribution in [3.63, 3.8) is 0 Å². The Labute approximate surface area is 121 Å². The van der Waals surface area contributed by atoms with Crippen molar-refractivity contribution in [2.24, 2.45) is 5.92 Å². The molecule has 106 valence electrons. The summed E-state index contributed by atoms with van der Waals surface area (Å²) in [6.45, 7) is 1.99. The minimum Gasteiger partial charge on any atom is -0.317 e. The Hall–Kier alpha value is -0.460. The summed E-state index contributed by atoms with van der Waals surface area (Å²) >= 11 is 3.17. The first-order valence-electron chi connectivity index (χ1n) is 6.26. The third-order valence-corrected chi connectivity index (χ3v) is 5.46. The van der Waals surface area contributed by atoms with Crippen LogP contribution in [0, 0.1) is 11.7 Å². The van der Waals surface area contributed by atoms with E-state index in [-0.39, 0.29) is 4.90 Å². The van der Waals surface area contributed by atoms with E-state index in [0.717, 1.165) is 44.2 Å². The predicted octanol–water partition coefficient (Wildman–Crippen LogP) is 2.53. The molecule has 0 spiro atoms. The first kappa shape index (κ1) is 14.9. The van der Waals surface area contributed by atoms with Gasteiger partial charge in [-0.1, -0.05) is 0 Å². The van der Waals surface area contributed by atoms with Gasteiger partial charge in [-0.05, 0) is 71.9 Å². The van der Waals surface area contributed by atoms with Crippen LogP contribution in [0.3, 0.4) is 0 Å². The molecule has 19 heavy (non-hydrogen) atoms. The van der Waals surface area contributed by atoms with Crippen LogP contribution in [-0.4, -0.2) is 27.8 Å². The molecule has 0 saturated carbocycles. The first-order chi connectivity index (χ1) is 8.88. The minimum absolute atomic E-state index is 0.249. The van der Waals surface area contributed by atoms with Crippen molar-refractivity contribution in [1.29, 1.82) is 0 Å². The molecule has 0 unspecified atom stereocenters. The maximum atomic E-state index is 13.9. The van der Waals surface area contributed by atoms with Crippen LogP contribution in [0.2, 0.25) is 0 Å². The number of hydrogen-bond donors (Lipinski definition) is 1. The first-order valence-corrected chi connectivity index (χ1v) is 8.95. The second kappa shape index (κ2) is 5.89. The Morgan fingerprint density at radius 2 is 2.00 bits per heavy atom. The zero-order valence-electron chi connectivity index (χ0n) is 10.7. The van der Waals surface area contributed by atoms with E-state index in [4.69, 9.17) is 0 Å². The molecule has 1 aromatic carbocycles. The molecule has 1 fully saturated rings. The Morgan fingerprint density at radius 1 is 1.37 bits per heavy atom. The van der Waals surface area contributed by atoms with Gasteiger partial charge in [0.2, 0.25) is 0 Å². The van der Waals surface area contributed by atoms with E-state index in [1.165, 1.54) is 6.07 Å². The zero-order chi connectivity index (χ0) is 14.0. The molecule has 1 heterocycles. The normalized spacial score (nSPS) is 17.6. The smallest absolute Gasteiger partial charge is 0.179 e. The van der Waals surface area contributed by atoms with Crippen LogP contribution in [0.25, 0.3) is 0 Å². The minimum atomic E-state index is -3.55. The fraction of sp³-hybridized carbons (Fsp3) is 0.538. The van der Waals surface area contributed by atoms with Crippen LogP contribution in [0.4, 0.5) is 4.39 Å². The van der Waals surface area contributed by atoms with E-state index in [1.807, 2.05) is 0 Å². The molecule has 0 bridgehead atoms. The summed E-state index contributed by atoms with van der Waals surface area (Å²) in [5, 5.41) is 3.29. The van der Waals surface area contributed by atoms with Crippen LogP contribution in [0.15, 0.2) is 21.5 Å². The Morgan fingerprint density at radius 3 is 2.53 bits per heavy atom. The van der Waals surface area contributed by atoms with Gasteiger partial charge < -0.3 is 5.32 Å². The standard InChI is InChI=1S/C13H17BrFNO2S/c1-19(17,18)13-11(14)7-10(8-12(13)15)6-9-2-4-16-5-3-9/h7-9,16H,2-6H2,1H3. The summed E-state index contributed by atoms with van der Waals surface area (Å²) in [7, 11) is -3.55. The SMILES string of the molecule is CS(=O)(=O)c1c(F)cc(CC2CCNCC2)cc1Br. The van der Waals surface area contributed by atoms with Gasteiger partial charge in [-0.2, -0.15) is 0 Å². The largest absolute Gasteiger partial charge is 0.317 e. The van der Waals surface area contributed by atoms with Crippen LogP contribution in [-0.2, 0) is 16.3 Å². The molecule has 0 aromatic heterocycles. The van der Waals surface area contributed by atoms with Gasteiger partial charge in [-0.15, -0.1) is 0 Å². The maximum absolute atomic E-state index is 13.9. The number of hydrogen-bond acceptors (Lipinski definition) is 3. The molecule has 0 atom stereocenters. The van der Waals surface area contributed by atoms with Crippen molar-refractivity contribution in [3.05, 3.63) is 28.0 Å². The van der Waals surface area contributed by atoms with Crippen molar-refractivity contribution in [1.82, 2.24) is 5.32 Å². The molecule has 1 aromatic rings. The number of halogens is 2. The van der Waals surface area contributed by atoms with Gasteiger partial charge in [0.15, 0.2) is 9.84 Å². The van der Waals surface area contributed by atoms with Crippen LogP contribution in [0.1, 0.15) is 18.4 Å². The van der Waals surface area contributed by atoms with Crippen LogP contribution >= 0.6 is 15.9 Å². The Kier molecular flexibility index (Phi) is 4.63. The number of sulfone groups is 1. The van der Waals surface area contributed by atoms with E-state index < -0.39 is 15.7 Å². The van der Waals surface area contributed by atoms with E-state index in [9.17, 15) is 12.8 Å². The molecular formula is C13H17BrFNO2S. The number of rotatable bonds is 3. The fourth-order valence-corrected chi connectivity index (χ4v) is 4.70. The molecule has 0 aliphatic carbocycles. The molecule has 1 aliphatic rings.